The first kappa shape index (κ1) is 18.2. The highest BCUT2D eigenvalue weighted by Gasteiger charge is 2.25. The van der Waals surface area contributed by atoms with Crippen LogP contribution in [0, 0.1) is 13.8 Å². The van der Waals surface area contributed by atoms with Gasteiger partial charge in [0.15, 0.2) is 0 Å². The quantitative estimate of drug-likeness (QED) is 0.774. The maximum absolute atomic E-state index is 12.7. The molecule has 0 bridgehead atoms. The van der Waals surface area contributed by atoms with E-state index in [9.17, 15) is 9.59 Å². The largest absolute Gasteiger partial charge is 0.462 e. The van der Waals surface area contributed by atoms with Crippen molar-refractivity contribution in [3.05, 3.63) is 51.9 Å². The van der Waals surface area contributed by atoms with Gasteiger partial charge >= 0.3 is 5.97 Å². The Balaban J connectivity index is 2.28. The highest BCUT2D eigenvalue weighted by Crippen LogP contribution is 2.34. The van der Waals surface area contributed by atoms with Crippen molar-refractivity contribution in [3.63, 3.8) is 0 Å². The van der Waals surface area contributed by atoms with E-state index < -0.39 is 0 Å². The maximum atomic E-state index is 12.7. The third kappa shape index (κ3) is 3.85. The molecule has 0 spiro atoms. The zero-order valence-electron chi connectivity index (χ0n) is 14.5. The molecule has 1 atom stereocenters. The lowest BCUT2D eigenvalue weighted by atomic mass is 9.95. The average molecular weight is 345 g/mol. The lowest BCUT2D eigenvalue weighted by Gasteiger charge is -2.15. The molecular formula is C19H23NO3S. The molecule has 0 saturated carbocycles. The molecule has 1 aromatic heterocycles. The second kappa shape index (κ2) is 8.11. The molecule has 1 N–H and O–H groups in total. The molecule has 4 nitrogen and oxygen atoms in total. The van der Waals surface area contributed by atoms with Crippen LogP contribution in [0.5, 0.6) is 0 Å². The highest BCUT2D eigenvalue weighted by molar-refractivity contribution is 7.16. The Hall–Kier alpha value is -2.14. The van der Waals surface area contributed by atoms with Crippen molar-refractivity contribution in [2.24, 2.45) is 0 Å². The Bertz CT molecular complexity index is 722. The number of rotatable bonds is 6. The number of hydrogen-bond acceptors (Lipinski definition) is 4. The van der Waals surface area contributed by atoms with Crippen LogP contribution in [-0.2, 0) is 9.53 Å². The molecule has 0 fully saturated rings. The van der Waals surface area contributed by atoms with Gasteiger partial charge in [0.25, 0.3) is 0 Å². The predicted molar refractivity (Wildman–Crippen MR) is 97.9 cm³/mol. The van der Waals surface area contributed by atoms with Crippen molar-refractivity contribution < 1.29 is 14.3 Å². The van der Waals surface area contributed by atoms with E-state index >= 15 is 0 Å². The van der Waals surface area contributed by atoms with Gasteiger partial charge in [-0.1, -0.05) is 37.3 Å². The lowest BCUT2D eigenvalue weighted by Crippen LogP contribution is -2.21. The molecule has 2 aromatic rings. The molecule has 0 aliphatic rings. The summed E-state index contributed by atoms with van der Waals surface area (Å²) in [5.41, 5.74) is 2.30. The maximum Gasteiger partial charge on any atom is 0.341 e. The van der Waals surface area contributed by atoms with Crippen LogP contribution in [0.4, 0.5) is 5.00 Å². The standard InChI is InChI=1S/C19H23NO3S/c1-5-15(14-10-8-7-9-11-14)17(21)20-18-16(19(22)23-6-2)12(3)13(4)24-18/h7-11,15H,5-6H2,1-4H3,(H,20,21)/t15-/m1/s1. The van der Waals surface area contributed by atoms with Crippen LogP contribution in [0.3, 0.4) is 0 Å². The summed E-state index contributed by atoms with van der Waals surface area (Å²) in [4.78, 5) is 26.0. The molecule has 128 valence electrons. The summed E-state index contributed by atoms with van der Waals surface area (Å²) in [6, 6.07) is 9.68. The normalized spacial score (nSPS) is 11.8. The third-order valence-corrected chi connectivity index (χ3v) is 5.15. The number of amides is 1. The molecule has 5 heteroatoms. The van der Waals surface area contributed by atoms with Crippen LogP contribution >= 0.6 is 11.3 Å². The SMILES string of the molecule is CCOC(=O)c1c(NC(=O)[C@H](CC)c2ccccc2)sc(C)c1C. The summed E-state index contributed by atoms with van der Waals surface area (Å²) in [7, 11) is 0. The van der Waals surface area contributed by atoms with Gasteiger partial charge in [-0.25, -0.2) is 4.79 Å². The van der Waals surface area contributed by atoms with Crippen LogP contribution < -0.4 is 5.32 Å². The first-order valence-corrected chi connectivity index (χ1v) is 8.94. The molecule has 0 radical (unpaired) electrons. The van der Waals surface area contributed by atoms with Gasteiger partial charge in [-0.2, -0.15) is 0 Å². The topological polar surface area (TPSA) is 55.4 Å². The van der Waals surface area contributed by atoms with E-state index in [1.54, 1.807) is 6.92 Å². The molecule has 2 rings (SSSR count). The van der Waals surface area contributed by atoms with Crippen molar-refractivity contribution in [1.82, 2.24) is 0 Å². The summed E-state index contributed by atoms with van der Waals surface area (Å²) in [6.07, 6.45) is 0.688. The van der Waals surface area contributed by atoms with E-state index in [0.717, 1.165) is 16.0 Å². The number of thiophene rings is 1. The van der Waals surface area contributed by atoms with Crippen molar-refractivity contribution in [2.75, 3.05) is 11.9 Å². The lowest BCUT2D eigenvalue weighted by molar-refractivity contribution is -0.117. The first-order chi connectivity index (χ1) is 11.5. The smallest absolute Gasteiger partial charge is 0.341 e. The minimum absolute atomic E-state index is 0.101. The number of carbonyl (C=O) groups is 2. The number of ether oxygens (including phenoxy) is 1. The molecule has 0 saturated heterocycles. The van der Waals surface area contributed by atoms with Gasteiger partial charge in [-0.3, -0.25) is 4.79 Å². The summed E-state index contributed by atoms with van der Waals surface area (Å²) >= 11 is 1.41. The van der Waals surface area contributed by atoms with Crippen LogP contribution in [0.1, 0.15) is 52.5 Å². The minimum Gasteiger partial charge on any atom is -0.462 e. The van der Waals surface area contributed by atoms with Gasteiger partial charge in [0.2, 0.25) is 5.91 Å². The Morgan fingerprint density at radius 1 is 1.17 bits per heavy atom. The number of carbonyl (C=O) groups excluding carboxylic acids is 2. The molecule has 0 aliphatic carbocycles. The number of nitrogens with one attached hydrogen (secondary N) is 1. The van der Waals surface area contributed by atoms with Gasteiger partial charge in [-0.15, -0.1) is 11.3 Å². The zero-order chi connectivity index (χ0) is 17.7. The molecule has 0 unspecified atom stereocenters. The van der Waals surface area contributed by atoms with E-state index in [4.69, 9.17) is 4.74 Å². The van der Waals surface area contributed by atoms with E-state index in [0.29, 0.717) is 23.6 Å². The Kier molecular flexibility index (Phi) is 6.15. The predicted octanol–water partition coefficient (Wildman–Crippen LogP) is 4.67. The van der Waals surface area contributed by atoms with Crippen LogP contribution in [0.15, 0.2) is 30.3 Å². The van der Waals surface area contributed by atoms with Crippen LogP contribution in [0.2, 0.25) is 0 Å². The molecule has 0 aliphatic heterocycles. The fourth-order valence-corrected chi connectivity index (χ4v) is 3.67. The zero-order valence-corrected chi connectivity index (χ0v) is 15.3. The van der Waals surface area contributed by atoms with Crippen LogP contribution in [0.25, 0.3) is 0 Å². The number of anilines is 1. The third-order valence-electron chi connectivity index (χ3n) is 4.03. The van der Waals surface area contributed by atoms with Gasteiger partial charge < -0.3 is 10.1 Å². The summed E-state index contributed by atoms with van der Waals surface area (Å²) < 4.78 is 5.13. The summed E-state index contributed by atoms with van der Waals surface area (Å²) in [5, 5.41) is 3.51. The van der Waals surface area contributed by atoms with Gasteiger partial charge in [0.05, 0.1) is 18.1 Å². The molecule has 1 amide bonds. The highest BCUT2D eigenvalue weighted by atomic mass is 32.1. The van der Waals surface area contributed by atoms with Gasteiger partial charge in [0, 0.05) is 4.88 Å². The van der Waals surface area contributed by atoms with Crippen molar-refractivity contribution in [3.8, 4) is 0 Å². The molecular weight excluding hydrogens is 322 g/mol. The number of benzene rings is 1. The Morgan fingerprint density at radius 2 is 1.83 bits per heavy atom. The fraction of sp³-hybridized carbons (Fsp3) is 0.368. The van der Waals surface area contributed by atoms with Crippen molar-refractivity contribution in [1.29, 1.82) is 0 Å². The van der Waals surface area contributed by atoms with E-state index in [-0.39, 0.29) is 17.8 Å². The average Bonchev–Trinajstić information content (AvgIpc) is 2.83. The first-order valence-electron chi connectivity index (χ1n) is 8.12. The Morgan fingerprint density at radius 3 is 2.42 bits per heavy atom. The number of hydrogen-bond donors (Lipinski definition) is 1. The van der Waals surface area contributed by atoms with E-state index in [1.807, 2.05) is 51.1 Å². The summed E-state index contributed by atoms with van der Waals surface area (Å²) in [6.45, 7) is 7.87. The summed E-state index contributed by atoms with van der Waals surface area (Å²) in [5.74, 6) is -0.734. The van der Waals surface area contributed by atoms with E-state index in [1.165, 1.54) is 11.3 Å². The molecule has 24 heavy (non-hydrogen) atoms. The Labute approximate surface area is 146 Å². The number of aryl methyl sites for hydroxylation is 1. The number of esters is 1. The van der Waals surface area contributed by atoms with Crippen molar-refractivity contribution in [2.45, 2.75) is 40.0 Å². The van der Waals surface area contributed by atoms with Crippen LogP contribution in [-0.4, -0.2) is 18.5 Å². The molecule has 1 heterocycles. The van der Waals surface area contributed by atoms with Gasteiger partial charge in [0.1, 0.15) is 5.00 Å². The van der Waals surface area contributed by atoms with E-state index in [2.05, 4.69) is 5.32 Å². The second-order valence-electron chi connectivity index (χ2n) is 5.57. The van der Waals surface area contributed by atoms with Gasteiger partial charge in [-0.05, 0) is 38.3 Å². The van der Waals surface area contributed by atoms with Crippen molar-refractivity contribution >= 4 is 28.2 Å². The fourth-order valence-electron chi connectivity index (χ4n) is 2.62. The minimum atomic E-state index is -0.387. The monoisotopic (exact) mass is 345 g/mol. The molecule has 1 aromatic carbocycles. The second-order valence-corrected chi connectivity index (χ2v) is 6.79.